The lowest BCUT2D eigenvalue weighted by Gasteiger charge is -2.41. The molecule has 9 heteroatoms. The Bertz CT molecular complexity index is 638. The van der Waals surface area contributed by atoms with Gasteiger partial charge >= 0.3 is 12.3 Å². The largest absolute Gasteiger partial charge is 0.444 e. The number of halogens is 4. The average molecular weight is 410 g/mol. The Morgan fingerprint density at radius 1 is 1.33 bits per heavy atom. The van der Waals surface area contributed by atoms with Crippen LogP contribution in [0.2, 0.25) is 0 Å². The summed E-state index contributed by atoms with van der Waals surface area (Å²) in [5.41, 5.74) is 4.09. The minimum Gasteiger partial charge on any atom is -0.444 e. The van der Waals surface area contributed by atoms with Crippen molar-refractivity contribution in [1.29, 1.82) is 0 Å². The molecule has 0 radical (unpaired) electrons. The topological polar surface area (TPSA) is 67.6 Å². The summed E-state index contributed by atoms with van der Waals surface area (Å²) in [6.07, 6.45) is -5.02. The van der Waals surface area contributed by atoms with Gasteiger partial charge in [-0.25, -0.2) is 4.79 Å². The molecule has 24 heavy (non-hydrogen) atoms. The molecule has 2 rings (SSSR count). The van der Waals surface area contributed by atoms with Gasteiger partial charge in [-0.2, -0.15) is 13.2 Å². The van der Waals surface area contributed by atoms with E-state index < -0.39 is 23.4 Å². The summed E-state index contributed by atoms with van der Waals surface area (Å²) >= 11 is 3.02. The van der Waals surface area contributed by atoms with Crippen molar-refractivity contribution in [2.45, 2.75) is 38.6 Å². The highest BCUT2D eigenvalue weighted by atomic mass is 79.9. The van der Waals surface area contributed by atoms with Gasteiger partial charge in [-0.15, -0.1) is 0 Å². The van der Waals surface area contributed by atoms with Gasteiger partial charge in [0.2, 0.25) is 0 Å². The first-order valence-corrected chi connectivity index (χ1v) is 8.07. The van der Waals surface area contributed by atoms with Gasteiger partial charge in [0.15, 0.2) is 0 Å². The number of rotatable bonds is 2. The van der Waals surface area contributed by atoms with Crippen LogP contribution in [0.4, 0.5) is 29.3 Å². The van der Waals surface area contributed by atoms with Crippen molar-refractivity contribution in [2.24, 2.45) is 0 Å². The van der Waals surface area contributed by atoms with Crippen LogP contribution in [-0.2, 0) is 10.9 Å². The van der Waals surface area contributed by atoms with Gasteiger partial charge in [0, 0.05) is 17.6 Å². The number of hydrogen-bond acceptors (Lipinski definition) is 4. The number of anilines is 2. The van der Waals surface area contributed by atoms with Gasteiger partial charge in [-0.3, -0.25) is 0 Å². The molecule has 1 aliphatic heterocycles. The Hall–Kier alpha value is -1.64. The molecule has 1 fully saturated rings. The third-order valence-corrected chi connectivity index (χ3v) is 3.78. The third-order valence-electron chi connectivity index (χ3n) is 3.32. The van der Waals surface area contributed by atoms with Gasteiger partial charge < -0.3 is 20.7 Å². The number of carbonyl (C=O) groups excluding carboxylic acids is 1. The number of likely N-dealkylation sites (tertiary alicyclic amines) is 1. The fraction of sp³-hybridized carbons (Fsp3) is 0.533. The summed E-state index contributed by atoms with van der Waals surface area (Å²) in [7, 11) is 0. The number of ether oxygens (including phenoxy) is 1. The first kappa shape index (κ1) is 18.7. The first-order valence-electron chi connectivity index (χ1n) is 7.27. The van der Waals surface area contributed by atoms with E-state index in [1.165, 1.54) is 11.0 Å². The summed E-state index contributed by atoms with van der Waals surface area (Å²) in [5.74, 6) is 0. The number of benzene rings is 1. The molecule has 5 nitrogen and oxygen atoms in total. The van der Waals surface area contributed by atoms with Crippen LogP contribution in [0.15, 0.2) is 16.6 Å². The molecule has 0 bridgehead atoms. The monoisotopic (exact) mass is 409 g/mol. The van der Waals surface area contributed by atoms with Crippen LogP contribution in [0.25, 0.3) is 0 Å². The quantitative estimate of drug-likeness (QED) is 0.722. The first-order chi connectivity index (χ1) is 10.9. The van der Waals surface area contributed by atoms with Crippen LogP contribution in [0, 0.1) is 0 Å². The molecule has 1 aliphatic rings. The van der Waals surface area contributed by atoms with Crippen LogP contribution < -0.4 is 11.1 Å². The second-order valence-corrected chi connectivity index (χ2v) is 7.56. The summed E-state index contributed by atoms with van der Waals surface area (Å²) in [6.45, 7) is 5.75. The van der Waals surface area contributed by atoms with Crippen LogP contribution in [-0.4, -0.2) is 35.7 Å². The Labute approximate surface area is 146 Å². The van der Waals surface area contributed by atoms with E-state index in [0.29, 0.717) is 0 Å². The van der Waals surface area contributed by atoms with E-state index in [1.807, 2.05) is 0 Å². The standard InChI is InChI=1S/C15H19BrF3N3O2/c1-14(2,3)24-13(23)22-6-9(7-22)21-12-10(15(17,18)19)4-8(16)5-11(12)20/h4-5,9,21H,6-7,20H2,1-3H3. The van der Waals surface area contributed by atoms with E-state index in [2.05, 4.69) is 21.2 Å². The van der Waals surface area contributed by atoms with Crippen molar-refractivity contribution in [2.75, 3.05) is 24.1 Å². The van der Waals surface area contributed by atoms with E-state index in [-0.39, 0.29) is 35.0 Å². The number of amides is 1. The summed E-state index contributed by atoms with van der Waals surface area (Å²) in [6, 6.07) is 2.06. The Kier molecular flexibility index (Phi) is 4.94. The lowest BCUT2D eigenvalue weighted by Crippen LogP contribution is -2.58. The molecule has 1 aromatic carbocycles. The second-order valence-electron chi connectivity index (χ2n) is 6.64. The molecule has 0 aromatic heterocycles. The predicted molar refractivity (Wildman–Crippen MR) is 88.8 cm³/mol. The number of carbonyl (C=O) groups is 1. The minimum atomic E-state index is -4.53. The lowest BCUT2D eigenvalue weighted by molar-refractivity contribution is -0.137. The zero-order valence-corrected chi connectivity index (χ0v) is 15.1. The molecule has 3 N–H and O–H groups in total. The maximum absolute atomic E-state index is 13.2. The highest BCUT2D eigenvalue weighted by molar-refractivity contribution is 9.10. The molecule has 0 unspecified atom stereocenters. The van der Waals surface area contributed by atoms with E-state index in [1.54, 1.807) is 20.8 Å². The fourth-order valence-electron chi connectivity index (χ4n) is 2.26. The molecule has 1 aromatic rings. The van der Waals surface area contributed by atoms with Crippen molar-refractivity contribution in [3.8, 4) is 0 Å². The van der Waals surface area contributed by atoms with Gasteiger partial charge in [0.05, 0.1) is 23.0 Å². The highest BCUT2D eigenvalue weighted by Crippen LogP contribution is 2.40. The minimum absolute atomic E-state index is 0.00702. The van der Waals surface area contributed by atoms with E-state index in [9.17, 15) is 18.0 Å². The van der Waals surface area contributed by atoms with E-state index in [0.717, 1.165) is 6.07 Å². The van der Waals surface area contributed by atoms with Crippen LogP contribution in [0.3, 0.4) is 0 Å². The SMILES string of the molecule is CC(C)(C)OC(=O)N1CC(Nc2c(N)cc(Br)cc2C(F)(F)F)C1. The van der Waals surface area contributed by atoms with E-state index >= 15 is 0 Å². The molecule has 134 valence electrons. The summed E-state index contributed by atoms with van der Waals surface area (Å²) in [5, 5.41) is 2.78. The van der Waals surface area contributed by atoms with Crippen LogP contribution >= 0.6 is 15.9 Å². The number of alkyl halides is 3. The van der Waals surface area contributed by atoms with Gasteiger partial charge in [-0.05, 0) is 32.9 Å². The molecule has 0 aliphatic carbocycles. The Balaban J connectivity index is 2.06. The van der Waals surface area contributed by atoms with E-state index in [4.69, 9.17) is 10.5 Å². The number of nitrogen functional groups attached to an aromatic ring is 1. The fourth-order valence-corrected chi connectivity index (χ4v) is 2.74. The molecule has 1 heterocycles. The molecule has 0 spiro atoms. The lowest BCUT2D eigenvalue weighted by atomic mass is 10.1. The van der Waals surface area contributed by atoms with Crippen LogP contribution in [0.5, 0.6) is 0 Å². The van der Waals surface area contributed by atoms with Gasteiger partial charge in [0.1, 0.15) is 5.60 Å². The smallest absolute Gasteiger partial charge is 0.418 e. The molecule has 1 amide bonds. The predicted octanol–water partition coefficient (Wildman–Crippen LogP) is 4.08. The van der Waals surface area contributed by atoms with Crippen molar-refractivity contribution >= 4 is 33.4 Å². The third kappa shape index (κ3) is 4.46. The molecule has 0 saturated carbocycles. The number of hydrogen-bond donors (Lipinski definition) is 2. The Morgan fingerprint density at radius 3 is 2.42 bits per heavy atom. The van der Waals surface area contributed by atoms with Crippen molar-refractivity contribution in [3.63, 3.8) is 0 Å². The zero-order valence-electron chi connectivity index (χ0n) is 13.5. The molecular weight excluding hydrogens is 391 g/mol. The van der Waals surface area contributed by atoms with Crippen LogP contribution in [0.1, 0.15) is 26.3 Å². The van der Waals surface area contributed by atoms with Crippen molar-refractivity contribution in [3.05, 3.63) is 22.2 Å². The summed E-state index contributed by atoms with van der Waals surface area (Å²) in [4.78, 5) is 13.3. The van der Waals surface area contributed by atoms with Gasteiger partial charge in [0.25, 0.3) is 0 Å². The maximum Gasteiger partial charge on any atom is 0.418 e. The Morgan fingerprint density at radius 2 is 1.92 bits per heavy atom. The molecule has 1 saturated heterocycles. The number of nitrogens with zero attached hydrogens (tertiary/aromatic N) is 1. The van der Waals surface area contributed by atoms with Gasteiger partial charge in [-0.1, -0.05) is 15.9 Å². The number of nitrogens with two attached hydrogens (primary N) is 1. The normalized spacial score (nSPS) is 15.9. The number of nitrogens with one attached hydrogen (secondary N) is 1. The zero-order chi connectivity index (χ0) is 18.3. The average Bonchev–Trinajstić information content (AvgIpc) is 2.30. The van der Waals surface area contributed by atoms with Crippen molar-refractivity contribution in [1.82, 2.24) is 4.90 Å². The highest BCUT2D eigenvalue weighted by Gasteiger charge is 2.38. The molecular formula is C15H19BrF3N3O2. The second kappa shape index (κ2) is 6.34. The molecule has 0 atom stereocenters. The summed E-state index contributed by atoms with van der Waals surface area (Å²) < 4.78 is 45.0. The maximum atomic E-state index is 13.2. The van der Waals surface area contributed by atoms with Crippen molar-refractivity contribution < 1.29 is 22.7 Å².